The molecule has 2 fully saturated rings. The van der Waals surface area contributed by atoms with E-state index in [9.17, 15) is 9.59 Å². The second-order valence-corrected chi connectivity index (χ2v) is 9.74. The van der Waals surface area contributed by atoms with E-state index >= 15 is 0 Å². The molecule has 37 heavy (non-hydrogen) atoms. The van der Waals surface area contributed by atoms with Crippen molar-refractivity contribution in [1.82, 2.24) is 15.5 Å². The molecule has 6 nitrogen and oxygen atoms in total. The lowest BCUT2D eigenvalue weighted by molar-refractivity contribution is -0.109. The quantitative estimate of drug-likeness (QED) is 0.352. The Balaban J connectivity index is 0.000000301. The molecule has 1 aliphatic heterocycles. The topological polar surface area (TPSA) is 70.7 Å². The maximum absolute atomic E-state index is 12.5. The number of benzene rings is 2. The molecule has 3 amide bonds. The molecule has 0 aromatic heterocycles. The number of urea groups is 1. The molecule has 2 saturated carbocycles. The molecule has 2 aliphatic carbocycles. The summed E-state index contributed by atoms with van der Waals surface area (Å²) in [5.41, 5.74) is 7.04. The van der Waals surface area contributed by atoms with Crippen LogP contribution in [0.25, 0.3) is 11.1 Å². The molecule has 2 aromatic rings. The average Bonchev–Trinajstić information content (AvgIpc) is 3.86. The summed E-state index contributed by atoms with van der Waals surface area (Å²) in [5, 5.41) is 5.84. The number of rotatable bonds is 9. The van der Waals surface area contributed by atoms with Gasteiger partial charge in [0.15, 0.2) is 0 Å². The lowest BCUT2D eigenvalue weighted by atomic mass is 9.87. The van der Waals surface area contributed by atoms with Crippen LogP contribution in [0.3, 0.4) is 0 Å². The monoisotopic (exact) mass is 499 g/mol. The fraction of sp³-hybridized carbons (Fsp3) is 0.355. The third kappa shape index (κ3) is 6.91. The number of ether oxygens (including phenoxy) is 1. The van der Waals surface area contributed by atoms with E-state index in [0.717, 1.165) is 53.2 Å². The molecular weight excluding hydrogens is 462 g/mol. The van der Waals surface area contributed by atoms with Crippen molar-refractivity contribution in [3.63, 3.8) is 0 Å². The number of nitrogens with zero attached hydrogens (tertiary/aromatic N) is 1. The normalized spacial score (nSPS) is 16.5. The second-order valence-electron chi connectivity index (χ2n) is 9.74. The smallest absolute Gasteiger partial charge is 0.317 e. The van der Waals surface area contributed by atoms with Gasteiger partial charge in [-0.3, -0.25) is 4.79 Å². The number of fused-ring (bicyclic) bond motifs is 1. The first-order valence-corrected chi connectivity index (χ1v) is 13.0. The van der Waals surface area contributed by atoms with Gasteiger partial charge >= 0.3 is 6.03 Å². The predicted octanol–water partition coefficient (Wildman–Crippen LogP) is 5.53. The molecular formula is C31H37N3O3. The van der Waals surface area contributed by atoms with E-state index in [4.69, 9.17) is 4.74 Å². The van der Waals surface area contributed by atoms with Gasteiger partial charge in [-0.2, -0.15) is 0 Å². The lowest BCUT2D eigenvalue weighted by Gasteiger charge is -2.32. The van der Waals surface area contributed by atoms with Gasteiger partial charge in [0.2, 0.25) is 6.41 Å². The van der Waals surface area contributed by atoms with Crippen LogP contribution in [0.1, 0.15) is 42.4 Å². The number of hydrogen-bond acceptors (Lipinski definition) is 3. The van der Waals surface area contributed by atoms with Crippen molar-refractivity contribution in [3.8, 4) is 16.9 Å². The van der Waals surface area contributed by atoms with E-state index in [1.165, 1.54) is 24.0 Å². The van der Waals surface area contributed by atoms with Gasteiger partial charge in [-0.25, -0.2) is 4.79 Å². The van der Waals surface area contributed by atoms with Crippen LogP contribution in [0.5, 0.6) is 5.75 Å². The minimum Gasteiger partial charge on any atom is -0.497 e. The highest BCUT2D eigenvalue weighted by atomic mass is 16.5. The van der Waals surface area contributed by atoms with E-state index in [-0.39, 0.29) is 6.03 Å². The van der Waals surface area contributed by atoms with Gasteiger partial charge < -0.3 is 20.3 Å². The van der Waals surface area contributed by atoms with Gasteiger partial charge in [-0.05, 0) is 83.5 Å². The second kappa shape index (κ2) is 12.4. The highest BCUT2D eigenvalue weighted by Crippen LogP contribution is 2.37. The van der Waals surface area contributed by atoms with Gasteiger partial charge in [0.25, 0.3) is 0 Å². The number of methoxy groups -OCH3 is 1. The van der Waals surface area contributed by atoms with E-state index in [0.29, 0.717) is 32.1 Å². The van der Waals surface area contributed by atoms with Gasteiger partial charge in [-0.15, -0.1) is 0 Å². The Bertz CT molecular complexity index is 1180. The Labute approximate surface area is 220 Å². The van der Waals surface area contributed by atoms with Crippen molar-refractivity contribution >= 4 is 12.4 Å². The first kappa shape index (κ1) is 26.3. The summed E-state index contributed by atoms with van der Waals surface area (Å²) in [6.07, 6.45) is 12.1. The van der Waals surface area contributed by atoms with E-state index in [2.05, 4.69) is 35.9 Å². The zero-order chi connectivity index (χ0) is 26.2. The Kier molecular flexibility index (Phi) is 8.83. The highest BCUT2D eigenvalue weighted by molar-refractivity contribution is 5.77. The van der Waals surface area contributed by atoms with E-state index in [1.54, 1.807) is 7.11 Å². The van der Waals surface area contributed by atoms with Gasteiger partial charge in [0.05, 0.1) is 7.11 Å². The van der Waals surface area contributed by atoms with Crippen molar-refractivity contribution in [2.24, 2.45) is 5.92 Å². The average molecular weight is 500 g/mol. The molecule has 0 unspecified atom stereocenters. The first-order chi connectivity index (χ1) is 18.1. The lowest BCUT2D eigenvalue weighted by Crippen LogP contribution is -2.44. The van der Waals surface area contributed by atoms with Crippen molar-refractivity contribution in [2.75, 3.05) is 13.7 Å². The number of carbonyl (C=O) groups is 2. The number of amides is 3. The molecule has 5 rings (SSSR count). The standard InChI is InChI=1S/C22H25N3O3.C9H12/c1-28-18-4-2-3-15(11-18)19-8-5-16(12-23-14-26)21-13-25(10-9-20(19)21)22(27)24-17-6-7-17;1-3-5-8(4-2)9-6-7-9/h2-5,8,11,14,17H,6-7,9-10,12-13H2,1H3,(H,23,26)(H,24,27);3-5,9H,1-2,6-7H2/b;8-5+. The van der Waals surface area contributed by atoms with Gasteiger partial charge in [0, 0.05) is 25.7 Å². The summed E-state index contributed by atoms with van der Waals surface area (Å²) in [6.45, 7) is 9.06. The molecule has 1 heterocycles. The molecule has 0 atom stereocenters. The number of nitrogens with one attached hydrogen (secondary N) is 2. The SMILES string of the molecule is C=C/C=C(\C=C)C1CC1.COc1cccc(-c2ccc(CNC=O)c3c2CCN(C(=O)NC2CC2)C3)c1. The fourth-order valence-corrected chi connectivity index (χ4v) is 4.71. The molecule has 0 saturated heterocycles. The Morgan fingerprint density at radius 3 is 2.59 bits per heavy atom. The van der Waals surface area contributed by atoms with Crippen LogP contribution in [-0.2, 0) is 24.3 Å². The third-order valence-electron chi connectivity index (χ3n) is 7.05. The van der Waals surface area contributed by atoms with E-state index in [1.807, 2.05) is 47.4 Å². The van der Waals surface area contributed by atoms with Crippen LogP contribution >= 0.6 is 0 Å². The zero-order valence-electron chi connectivity index (χ0n) is 21.7. The summed E-state index contributed by atoms with van der Waals surface area (Å²) < 4.78 is 5.38. The van der Waals surface area contributed by atoms with Crippen LogP contribution in [0.15, 0.2) is 73.4 Å². The Hall–Kier alpha value is -3.80. The van der Waals surface area contributed by atoms with Crippen LogP contribution in [-0.4, -0.2) is 37.0 Å². The van der Waals surface area contributed by atoms with Crippen molar-refractivity contribution in [1.29, 1.82) is 0 Å². The van der Waals surface area contributed by atoms with Crippen LogP contribution in [0.2, 0.25) is 0 Å². The minimum absolute atomic E-state index is 0.00855. The van der Waals surface area contributed by atoms with Crippen molar-refractivity contribution < 1.29 is 14.3 Å². The largest absolute Gasteiger partial charge is 0.497 e. The Morgan fingerprint density at radius 1 is 1.14 bits per heavy atom. The minimum atomic E-state index is 0.00855. The summed E-state index contributed by atoms with van der Waals surface area (Å²) in [4.78, 5) is 25.2. The third-order valence-corrected chi connectivity index (χ3v) is 7.05. The molecule has 194 valence electrons. The zero-order valence-corrected chi connectivity index (χ0v) is 21.7. The summed E-state index contributed by atoms with van der Waals surface area (Å²) in [7, 11) is 1.67. The molecule has 3 aliphatic rings. The molecule has 2 aromatic carbocycles. The molecule has 0 bridgehead atoms. The summed E-state index contributed by atoms with van der Waals surface area (Å²) in [5.74, 6) is 1.62. The number of hydrogen-bond donors (Lipinski definition) is 2. The molecule has 2 N–H and O–H groups in total. The summed E-state index contributed by atoms with van der Waals surface area (Å²) >= 11 is 0. The van der Waals surface area contributed by atoms with Crippen LogP contribution in [0, 0.1) is 5.92 Å². The number of allylic oxidation sites excluding steroid dienone is 4. The maximum Gasteiger partial charge on any atom is 0.317 e. The summed E-state index contributed by atoms with van der Waals surface area (Å²) in [6, 6.07) is 12.5. The van der Waals surface area contributed by atoms with E-state index < -0.39 is 0 Å². The first-order valence-electron chi connectivity index (χ1n) is 13.0. The fourth-order valence-electron chi connectivity index (χ4n) is 4.71. The molecule has 6 heteroatoms. The predicted molar refractivity (Wildman–Crippen MR) is 148 cm³/mol. The number of carbonyl (C=O) groups excluding carboxylic acids is 2. The molecule has 0 radical (unpaired) electrons. The van der Waals surface area contributed by atoms with Crippen LogP contribution < -0.4 is 15.4 Å². The molecule has 0 spiro atoms. The highest BCUT2D eigenvalue weighted by Gasteiger charge is 2.29. The van der Waals surface area contributed by atoms with Crippen molar-refractivity contribution in [3.05, 3.63) is 90.0 Å². The Morgan fingerprint density at radius 2 is 1.95 bits per heavy atom. The maximum atomic E-state index is 12.5. The van der Waals surface area contributed by atoms with Crippen molar-refractivity contribution in [2.45, 2.75) is 51.2 Å². The van der Waals surface area contributed by atoms with Crippen LogP contribution in [0.4, 0.5) is 4.79 Å². The van der Waals surface area contributed by atoms with Gasteiger partial charge in [-0.1, -0.05) is 55.7 Å². The van der Waals surface area contributed by atoms with Gasteiger partial charge in [0.1, 0.15) is 5.75 Å².